The van der Waals surface area contributed by atoms with E-state index >= 15 is 0 Å². The summed E-state index contributed by atoms with van der Waals surface area (Å²) >= 11 is 7.42. The Bertz CT molecular complexity index is 596. The molecule has 2 aromatic rings. The smallest absolute Gasteiger partial charge is 0.171 e. The molecule has 18 heavy (non-hydrogen) atoms. The molecule has 0 atom stereocenters. The number of furan rings is 1. The maximum atomic E-state index is 8.76. The molecule has 0 fully saturated rings. The van der Waals surface area contributed by atoms with E-state index in [1.165, 1.54) is 11.8 Å². The molecule has 1 aromatic carbocycles. The maximum absolute atomic E-state index is 8.76. The molecule has 1 aromatic heterocycles. The third-order valence-electron chi connectivity index (χ3n) is 2.36. The van der Waals surface area contributed by atoms with Crippen molar-refractivity contribution in [2.75, 3.05) is 0 Å². The lowest BCUT2D eigenvalue weighted by Crippen LogP contribution is -2.14. The molecule has 0 aliphatic heterocycles. The maximum Gasteiger partial charge on any atom is 0.171 e. The van der Waals surface area contributed by atoms with Crippen LogP contribution in [0.4, 0.5) is 0 Å². The molecule has 0 saturated carbocycles. The number of aryl methyl sites for hydroxylation is 1. The highest BCUT2D eigenvalue weighted by Crippen LogP contribution is 2.34. The second kappa shape index (κ2) is 5.37. The van der Waals surface area contributed by atoms with E-state index in [-0.39, 0.29) is 5.84 Å². The first-order valence-electron chi connectivity index (χ1n) is 5.11. The molecular weight excluding hydrogens is 272 g/mol. The van der Waals surface area contributed by atoms with Crippen LogP contribution in [-0.4, -0.2) is 11.0 Å². The second-order valence-electron chi connectivity index (χ2n) is 3.57. The number of hydrogen-bond donors (Lipinski definition) is 2. The third-order valence-corrected chi connectivity index (χ3v) is 3.79. The van der Waals surface area contributed by atoms with Gasteiger partial charge < -0.3 is 15.4 Å². The molecule has 0 bridgehead atoms. The summed E-state index contributed by atoms with van der Waals surface area (Å²) in [6.07, 6.45) is 1.62. The van der Waals surface area contributed by atoms with Crippen molar-refractivity contribution in [1.82, 2.24) is 0 Å². The zero-order valence-corrected chi connectivity index (χ0v) is 11.1. The predicted octanol–water partition coefficient (Wildman–Crippen LogP) is 3.49. The molecule has 3 N–H and O–H groups in total. The van der Waals surface area contributed by atoms with Crippen LogP contribution in [-0.2, 0) is 0 Å². The monoisotopic (exact) mass is 282 g/mol. The molecule has 0 aliphatic rings. The van der Waals surface area contributed by atoms with Crippen molar-refractivity contribution in [1.29, 1.82) is 0 Å². The van der Waals surface area contributed by atoms with Crippen LogP contribution in [0.15, 0.2) is 49.9 Å². The van der Waals surface area contributed by atoms with Crippen molar-refractivity contribution in [2.45, 2.75) is 16.7 Å². The SMILES string of the molecule is Cc1occc1Sc1cc(Cl)ccc1/C(N)=N/O. The summed E-state index contributed by atoms with van der Waals surface area (Å²) in [6.45, 7) is 1.87. The average Bonchev–Trinajstić information content (AvgIpc) is 2.74. The second-order valence-corrected chi connectivity index (χ2v) is 5.09. The van der Waals surface area contributed by atoms with Crippen LogP contribution in [0.3, 0.4) is 0 Å². The van der Waals surface area contributed by atoms with Crippen LogP contribution < -0.4 is 5.73 Å². The summed E-state index contributed by atoms with van der Waals surface area (Å²) in [6, 6.07) is 7.04. The topological polar surface area (TPSA) is 71.8 Å². The lowest BCUT2D eigenvalue weighted by Gasteiger charge is -2.07. The van der Waals surface area contributed by atoms with Gasteiger partial charge in [-0.05, 0) is 31.2 Å². The molecule has 0 unspecified atom stereocenters. The number of amidine groups is 1. The number of hydrogen-bond acceptors (Lipinski definition) is 4. The molecule has 0 spiro atoms. The fourth-order valence-corrected chi connectivity index (χ4v) is 2.70. The van der Waals surface area contributed by atoms with Gasteiger partial charge in [-0.25, -0.2) is 0 Å². The summed E-state index contributed by atoms with van der Waals surface area (Å²) in [5.74, 6) is 0.862. The quantitative estimate of drug-likeness (QED) is 0.391. The van der Waals surface area contributed by atoms with Crippen LogP contribution in [0.25, 0.3) is 0 Å². The zero-order chi connectivity index (χ0) is 13.1. The Hall–Kier alpha value is -1.59. The Morgan fingerprint density at radius 1 is 1.39 bits per heavy atom. The van der Waals surface area contributed by atoms with E-state index in [0.717, 1.165) is 15.6 Å². The molecule has 0 aliphatic carbocycles. The summed E-state index contributed by atoms with van der Waals surface area (Å²) in [5.41, 5.74) is 6.26. The summed E-state index contributed by atoms with van der Waals surface area (Å²) in [7, 11) is 0. The van der Waals surface area contributed by atoms with Gasteiger partial charge in [0.05, 0.1) is 11.2 Å². The Morgan fingerprint density at radius 3 is 2.78 bits per heavy atom. The van der Waals surface area contributed by atoms with E-state index in [9.17, 15) is 0 Å². The van der Waals surface area contributed by atoms with Gasteiger partial charge in [-0.2, -0.15) is 0 Å². The minimum absolute atomic E-state index is 0.0512. The number of halogens is 1. The summed E-state index contributed by atoms with van der Waals surface area (Å²) in [4.78, 5) is 1.77. The van der Waals surface area contributed by atoms with Crippen molar-refractivity contribution in [3.8, 4) is 0 Å². The molecule has 1 heterocycles. The lowest BCUT2D eigenvalue weighted by molar-refractivity contribution is 0.318. The van der Waals surface area contributed by atoms with Gasteiger partial charge >= 0.3 is 0 Å². The van der Waals surface area contributed by atoms with Gasteiger partial charge in [-0.1, -0.05) is 28.5 Å². The molecular formula is C12H11ClN2O2S. The van der Waals surface area contributed by atoms with E-state index in [1.807, 2.05) is 13.0 Å². The van der Waals surface area contributed by atoms with Crippen LogP contribution in [0.5, 0.6) is 0 Å². The van der Waals surface area contributed by atoms with Gasteiger partial charge in [0.15, 0.2) is 5.84 Å². The van der Waals surface area contributed by atoms with Crippen molar-refractivity contribution in [3.63, 3.8) is 0 Å². The van der Waals surface area contributed by atoms with E-state index in [4.69, 9.17) is 27.0 Å². The fourth-order valence-electron chi connectivity index (χ4n) is 1.44. The molecule has 0 radical (unpaired) electrons. The molecule has 4 nitrogen and oxygen atoms in total. The Balaban J connectivity index is 2.43. The number of oxime groups is 1. The van der Waals surface area contributed by atoms with Crippen molar-refractivity contribution in [3.05, 3.63) is 46.9 Å². The minimum atomic E-state index is 0.0512. The van der Waals surface area contributed by atoms with Crippen molar-refractivity contribution in [2.24, 2.45) is 10.9 Å². The van der Waals surface area contributed by atoms with E-state index in [0.29, 0.717) is 10.6 Å². The van der Waals surface area contributed by atoms with Gasteiger partial charge in [-0.15, -0.1) is 0 Å². The van der Waals surface area contributed by atoms with Crippen LogP contribution in [0.2, 0.25) is 5.02 Å². The molecule has 2 rings (SSSR count). The Morgan fingerprint density at radius 2 is 2.17 bits per heavy atom. The summed E-state index contributed by atoms with van der Waals surface area (Å²) in [5, 5.41) is 12.4. The molecule has 0 amide bonds. The average molecular weight is 283 g/mol. The Labute approximate surface area is 113 Å². The first-order chi connectivity index (χ1) is 8.61. The molecule has 6 heteroatoms. The number of nitrogens with two attached hydrogens (primary N) is 1. The minimum Gasteiger partial charge on any atom is -0.468 e. The highest BCUT2D eigenvalue weighted by molar-refractivity contribution is 7.99. The lowest BCUT2D eigenvalue weighted by atomic mass is 10.2. The van der Waals surface area contributed by atoms with E-state index in [1.54, 1.807) is 24.5 Å². The highest BCUT2D eigenvalue weighted by atomic mass is 35.5. The first kappa shape index (κ1) is 12.9. The molecule has 94 valence electrons. The number of benzene rings is 1. The number of rotatable bonds is 3. The van der Waals surface area contributed by atoms with Gasteiger partial charge in [0, 0.05) is 15.5 Å². The van der Waals surface area contributed by atoms with Crippen LogP contribution >= 0.6 is 23.4 Å². The standard InChI is InChI=1S/C12H11ClN2O2S/c1-7-10(4-5-17-7)18-11-6-8(13)2-3-9(11)12(14)15-16/h2-6,16H,1H3,(H2,14,15). The van der Waals surface area contributed by atoms with E-state index < -0.39 is 0 Å². The van der Waals surface area contributed by atoms with Gasteiger partial charge in [0.2, 0.25) is 0 Å². The highest BCUT2D eigenvalue weighted by Gasteiger charge is 2.11. The van der Waals surface area contributed by atoms with Crippen molar-refractivity contribution < 1.29 is 9.62 Å². The van der Waals surface area contributed by atoms with Gasteiger partial charge in [0.1, 0.15) is 5.76 Å². The summed E-state index contributed by atoms with van der Waals surface area (Å²) < 4.78 is 5.23. The zero-order valence-electron chi connectivity index (χ0n) is 9.55. The fraction of sp³-hybridized carbons (Fsp3) is 0.0833. The van der Waals surface area contributed by atoms with Gasteiger partial charge in [0.25, 0.3) is 0 Å². The number of nitrogens with zero attached hydrogens (tertiary/aromatic N) is 1. The Kier molecular flexibility index (Phi) is 3.84. The van der Waals surface area contributed by atoms with Crippen LogP contribution in [0, 0.1) is 6.92 Å². The van der Waals surface area contributed by atoms with Gasteiger partial charge in [-0.3, -0.25) is 0 Å². The molecule has 0 saturated heterocycles. The third kappa shape index (κ3) is 2.63. The van der Waals surface area contributed by atoms with E-state index in [2.05, 4.69) is 5.16 Å². The first-order valence-corrected chi connectivity index (χ1v) is 6.30. The van der Waals surface area contributed by atoms with Crippen LogP contribution in [0.1, 0.15) is 11.3 Å². The van der Waals surface area contributed by atoms with Crippen molar-refractivity contribution >= 4 is 29.2 Å². The largest absolute Gasteiger partial charge is 0.468 e. The predicted molar refractivity (Wildman–Crippen MR) is 71.5 cm³/mol. The normalized spacial score (nSPS) is 11.8.